The summed E-state index contributed by atoms with van der Waals surface area (Å²) in [6.07, 6.45) is -1.66. The summed E-state index contributed by atoms with van der Waals surface area (Å²) >= 11 is 0. The zero-order chi connectivity index (χ0) is 18.5. The van der Waals surface area contributed by atoms with Gasteiger partial charge in [0.2, 0.25) is 0 Å². The molecule has 0 saturated carbocycles. The summed E-state index contributed by atoms with van der Waals surface area (Å²) in [5, 5.41) is 0. The van der Waals surface area contributed by atoms with Gasteiger partial charge in [0.25, 0.3) is 20.2 Å². The van der Waals surface area contributed by atoms with Crippen LogP contribution in [0.2, 0.25) is 0 Å². The highest BCUT2D eigenvalue weighted by Crippen LogP contribution is 2.21. The Labute approximate surface area is 148 Å². The number of hydrogen-bond acceptors (Lipinski definition) is 6. The molecule has 0 aromatic heterocycles. The summed E-state index contributed by atoms with van der Waals surface area (Å²) in [5.74, 6) is 0. The van der Waals surface area contributed by atoms with Crippen LogP contribution in [0.5, 0.6) is 0 Å². The third-order valence-electron chi connectivity index (χ3n) is 3.52. The van der Waals surface area contributed by atoms with E-state index in [4.69, 9.17) is 8.37 Å². The molecule has 0 heterocycles. The second-order valence-electron chi connectivity index (χ2n) is 5.38. The average molecular weight is 384 g/mol. The highest BCUT2D eigenvalue weighted by molar-refractivity contribution is 7.87. The van der Waals surface area contributed by atoms with E-state index in [0.717, 1.165) is 0 Å². The Hall–Kier alpha value is -1.74. The molecule has 0 bridgehead atoms. The maximum absolute atomic E-state index is 12.3. The molecule has 0 aliphatic rings. The predicted molar refractivity (Wildman–Crippen MR) is 93.0 cm³/mol. The Kier molecular flexibility index (Phi) is 6.34. The number of hydrogen-bond donors (Lipinski definition) is 0. The van der Waals surface area contributed by atoms with Gasteiger partial charge in [-0.1, -0.05) is 43.3 Å². The van der Waals surface area contributed by atoms with Crippen molar-refractivity contribution in [2.45, 2.75) is 42.3 Å². The van der Waals surface area contributed by atoms with Gasteiger partial charge in [0.05, 0.1) is 9.79 Å². The van der Waals surface area contributed by atoms with Crippen molar-refractivity contribution in [3.05, 3.63) is 60.7 Å². The van der Waals surface area contributed by atoms with Crippen LogP contribution in [0.4, 0.5) is 0 Å². The fourth-order valence-electron chi connectivity index (χ4n) is 2.19. The van der Waals surface area contributed by atoms with Crippen molar-refractivity contribution in [3.8, 4) is 0 Å². The van der Waals surface area contributed by atoms with Gasteiger partial charge in [-0.15, -0.1) is 0 Å². The zero-order valence-corrected chi connectivity index (χ0v) is 15.5. The van der Waals surface area contributed by atoms with Crippen LogP contribution in [-0.4, -0.2) is 29.0 Å². The van der Waals surface area contributed by atoms with E-state index in [1.807, 2.05) is 0 Å². The molecule has 0 aliphatic heterocycles. The minimum Gasteiger partial charge on any atom is -0.261 e. The van der Waals surface area contributed by atoms with Gasteiger partial charge >= 0.3 is 0 Å². The van der Waals surface area contributed by atoms with Crippen molar-refractivity contribution in [1.82, 2.24) is 0 Å². The molecular formula is C17H20O6S2. The third kappa shape index (κ3) is 5.12. The van der Waals surface area contributed by atoms with Gasteiger partial charge in [-0.3, -0.25) is 8.37 Å². The summed E-state index contributed by atoms with van der Waals surface area (Å²) in [7, 11) is -8.02. The van der Waals surface area contributed by atoms with Crippen LogP contribution in [0.1, 0.15) is 20.3 Å². The molecule has 0 radical (unpaired) electrons. The lowest BCUT2D eigenvalue weighted by Gasteiger charge is -2.22. The minimum atomic E-state index is -4.01. The minimum absolute atomic E-state index is 0.00243. The molecule has 6 nitrogen and oxygen atoms in total. The van der Waals surface area contributed by atoms with E-state index in [-0.39, 0.29) is 16.2 Å². The molecule has 0 aliphatic carbocycles. The van der Waals surface area contributed by atoms with E-state index in [2.05, 4.69) is 0 Å². The molecule has 2 aromatic rings. The average Bonchev–Trinajstić information content (AvgIpc) is 2.61. The van der Waals surface area contributed by atoms with Gasteiger partial charge in [0.15, 0.2) is 0 Å². The third-order valence-corrected chi connectivity index (χ3v) is 6.27. The topological polar surface area (TPSA) is 86.7 Å². The normalized spacial score (nSPS) is 14.8. The van der Waals surface area contributed by atoms with Gasteiger partial charge in [-0.25, -0.2) is 0 Å². The second-order valence-corrected chi connectivity index (χ2v) is 8.52. The monoisotopic (exact) mass is 384 g/mol. The summed E-state index contributed by atoms with van der Waals surface area (Å²) < 4.78 is 59.5. The summed E-state index contributed by atoms with van der Waals surface area (Å²) in [6.45, 7) is 3.16. The van der Waals surface area contributed by atoms with Gasteiger partial charge in [0, 0.05) is 0 Å². The van der Waals surface area contributed by atoms with Crippen LogP contribution >= 0.6 is 0 Å². The van der Waals surface area contributed by atoms with Crippen LogP contribution < -0.4 is 0 Å². The fourth-order valence-corrected chi connectivity index (χ4v) is 4.53. The molecule has 0 amide bonds. The Morgan fingerprint density at radius 3 is 1.56 bits per heavy atom. The Morgan fingerprint density at radius 2 is 1.16 bits per heavy atom. The van der Waals surface area contributed by atoms with E-state index in [1.54, 1.807) is 43.3 Å². The molecule has 0 saturated heterocycles. The van der Waals surface area contributed by atoms with Gasteiger partial charge in [-0.2, -0.15) is 16.8 Å². The first-order chi connectivity index (χ1) is 11.8. The van der Waals surface area contributed by atoms with Crippen LogP contribution in [-0.2, 0) is 28.6 Å². The van der Waals surface area contributed by atoms with Crippen molar-refractivity contribution in [1.29, 1.82) is 0 Å². The molecule has 0 spiro atoms. The van der Waals surface area contributed by atoms with Gasteiger partial charge < -0.3 is 0 Å². The van der Waals surface area contributed by atoms with E-state index >= 15 is 0 Å². The first-order valence-corrected chi connectivity index (χ1v) is 10.5. The van der Waals surface area contributed by atoms with Crippen LogP contribution in [0.15, 0.2) is 70.5 Å². The quantitative estimate of drug-likeness (QED) is 0.650. The number of rotatable bonds is 8. The molecule has 25 heavy (non-hydrogen) atoms. The van der Waals surface area contributed by atoms with Crippen molar-refractivity contribution in [3.63, 3.8) is 0 Å². The van der Waals surface area contributed by atoms with Crippen LogP contribution in [0.3, 0.4) is 0 Å². The molecule has 0 N–H and O–H groups in total. The molecule has 2 atom stereocenters. The second kappa shape index (κ2) is 8.09. The Morgan fingerprint density at radius 1 is 0.760 bits per heavy atom. The van der Waals surface area contributed by atoms with E-state index in [9.17, 15) is 16.8 Å². The van der Waals surface area contributed by atoms with Crippen molar-refractivity contribution >= 4 is 20.2 Å². The Bertz CT molecular complexity index is 877. The highest BCUT2D eigenvalue weighted by Gasteiger charge is 2.29. The van der Waals surface area contributed by atoms with Crippen LogP contribution in [0, 0.1) is 0 Å². The van der Waals surface area contributed by atoms with E-state index in [0.29, 0.717) is 0 Å². The van der Waals surface area contributed by atoms with Gasteiger partial charge in [0.1, 0.15) is 12.2 Å². The predicted octanol–water partition coefficient (Wildman–Crippen LogP) is 2.96. The van der Waals surface area contributed by atoms with E-state index in [1.165, 1.54) is 31.2 Å². The van der Waals surface area contributed by atoms with Crippen molar-refractivity contribution in [2.75, 3.05) is 0 Å². The lowest BCUT2D eigenvalue weighted by Crippen LogP contribution is -2.32. The van der Waals surface area contributed by atoms with Crippen molar-refractivity contribution in [2.24, 2.45) is 0 Å². The molecule has 2 unspecified atom stereocenters. The first-order valence-electron chi connectivity index (χ1n) is 7.73. The summed E-state index contributed by atoms with van der Waals surface area (Å²) in [6, 6.07) is 15.3. The highest BCUT2D eigenvalue weighted by atomic mass is 32.2. The largest absolute Gasteiger partial charge is 0.297 e. The maximum Gasteiger partial charge on any atom is 0.297 e. The first kappa shape index (κ1) is 19.6. The molecule has 2 aromatic carbocycles. The lowest BCUT2D eigenvalue weighted by atomic mass is 10.2. The summed E-state index contributed by atoms with van der Waals surface area (Å²) in [5.41, 5.74) is 0. The lowest BCUT2D eigenvalue weighted by molar-refractivity contribution is 0.0720. The Balaban J connectivity index is 2.15. The maximum atomic E-state index is 12.3. The smallest absolute Gasteiger partial charge is 0.261 e. The number of benzene rings is 2. The fraction of sp³-hybridized carbons (Fsp3) is 0.294. The molecule has 8 heteroatoms. The molecule has 136 valence electrons. The van der Waals surface area contributed by atoms with Gasteiger partial charge in [-0.05, 0) is 37.6 Å². The standard InChI is InChI=1S/C17H20O6S2/c1-3-17(23-25(20,21)16-12-8-5-9-13-16)14(2)22-24(18,19)15-10-6-4-7-11-15/h4-14,17H,3H2,1-2H3. The van der Waals surface area contributed by atoms with Crippen LogP contribution in [0.25, 0.3) is 0 Å². The SMILES string of the molecule is CCC(OS(=O)(=O)c1ccccc1)C(C)OS(=O)(=O)c1ccccc1. The van der Waals surface area contributed by atoms with E-state index < -0.39 is 32.4 Å². The zero-order valence-electron chi connectivity index (χ0n) is 13.9. The summed E-state index contributed by atoms with van der Waals surface area (Å²) in [4.78, 5) is 0.00851. The molecule has 0 fully saturated rings. The van der Waals surface area contributed by atoms with Crippen molar-refractivity contribution < 1.29 is 25.2 Å². The molecular weight excluding hydrogens is 364 g/mol. The molecule has 2 rings (SSSR count).